The molecule has 1 fully saturated rings. The van der Waals surface area contributed by atoms with Gasteiger partial charge in [0.05, 0.1) is 18.9 Å². The summed E-state index contributed by atoms with van der Waals surface area (Å²) >= 11 is 0. The van der Waals surface area contributed by atoms with E-state index in [-0.39, 0.29) is 5.54 Å². The van der Waals surface area contributed by atoms with Gasteiger partial charge < -0.3 is 9.30 Å². The van der Waals surface area contributed by atoms with Crippen LogP contribution < -0.4 is 0 Å². The molecule has 0 N–H and O–H groups in total. The van der Waals surface area contributed by atoms with Gasteiger partial charge in [-0.3, -0.25) is 4.90 Å². The molecule has 4 heteroatoms. The molecule has 3 heterocycles. The Hall–Kier alpha value is -0.870. The van der Waals surface area contributed by atoms with Crippen molar-refractivity contribution < 1.29 is 4.74 Å². The zero-order chi connectivity index (χ0) is 10.6. The molecule has 0 aliphatic carbocycles. The summed E-state index contributed by atoms with van der Waals surface area (Å²) in [5.74, 6) is 1.11. The summed E-state index contributed by atoms with van der Waals surface area (Å²) in [6, 6.07) is 0. The molecule has 1 aromatic rings. The number of aromatic nitrogens is 2. The highest BCUT2D eigenvalue weighted by molar-refractivity contribution is 5.30. The molecule has 15 heavy (non-hydrogen) atoms. The molecule has 0 aromatic carbocycles. The molecule has 4 nitrogen and oxygen atoms in total. The maximum Gasteiger partial charge on any atom is 0.112 e. The van der Waals surface area contributed by atoms with Crippen LogP contribution in [-0.2, 0) is 23.7 Å². The van der Waals surface area contributed by atoms with E-state index in [0.717, 1.165) is 32.0 Å². The van der Waals surface area contributed by atoms with E-state index in [4.69, 9.17) is 9.72 Å². The number of fused-ring (bicyclic) bond motifs is 2. The third-order valence-electron chi connectivity index (χ3n) is 3.97. The Bertz CT molecular complexity index is 406. The third kappa shape index (κ3) is 1.01. The summed E-state index contributed by atoms with van der Waals surface area (Å²) in [6.07, 6.45) is 1.10. The van der Waals surface area contributed by atoms with Crippen LogP contribution in [0.25, 0.3) is 0 Å². The number of hydrogen-bond donors (Lipinski definition) is 0. The molecule has 3 rings (SSSR count). The van der Waals surface area contributed by atoms with Crippen LogP contribution in [0, 0.1) is 6.92 Å². The normalized spacial score (nSPS) is 23.9. The molecule has 1 saturated heterocycles. The summed E-state index contributed by atoms with van der Waals surface area (Å²) in [5.41, 5.74) is 2.73. The first-order valence-corrected chi connectivity index (χ1v) is 5.47. The van der Waals surface area contributed by atoms with E-state index in [9.17, 15) is 0 Å². The molecule has 2 aliphatic rings. The zero-order valence-electron chi connectivity index (χ0n) is 9.58. The van der Waals surface area contributed by atoms with Crippen molar-refractivity contribution in [2.45, 2.75) is 18.9 Å². The van der Waals surface area contributed by atoms with Crippen molar-refractivity contribution in [3.63, 3.8) is 0 Å². The van der Waals surface area contributed by atoms with Crippen molar-refractivity contribution >= 4 is 0 Å². The molecule has 2 aliphatic heterocycles. The highest BCUT2D eigenvalue weighted by Gasteiger charge is 2.49. The van der Waals surface area contributed by atoms with E-state index in [0.29, 0.717) is 0 Å². The Kier molecular flexibility index (Phi) is 1.77. The van der Waals surface area contributed by atoms with Gasteiger partial charge in [0.1, 0.15) is 11.4 Å². The Morgan fingerprint density at radius 2 is 2.07 bits per heavy atom. The van der Waals surface area contributed by atoms with Crippen molar-refractivity contribution in [3.05, 3.63) is 17.2 Å². The fourth-order valence-electron chi connectivity index (χ4n) is 2.64. The van der Waals surface area contributed by atoms with E-state index < -0.39 is 0 Å². The van der Waals surface area contributed by atoms with E-state index in [1.54, 1.807) is 0 Å². The van der Waals surface area contributed by atoms with Crippen molar-refractivity contribution in [2.24, 2.45) is 7.05 Å². The topological polar surface area (TPSA) is 30.3 Å². The first-order chi connectivity index (χ1) is 7.15. The second kappa shape index (κ2) is 2.83. The van der Waals surface area contributed by atoms with E-state index in [1.807, 2.05) is 0 Å². The van der Waals surface area contributed by atoms with Crippen LogP contribution in [-0.4, -0.2) is 41.3 Å². The lowest BCUT2D eigenvalue weighted by atomic mass is 9.86. The number of aryl methyl sites for hydroxylation is 1. The smallest absolute Gasteiger partial charge is 0.112 e. The Balaban J connectivity index is 2.16. The van der Waals surface area contributed by atoms with Gasteiger partial charge in [0.15, 0.2) is 0 Å². The molecule has 1 spiro atoms. The maximum atomic E-state index is 5.40. The zero-order valence-corrected chi connectivity index (χ0v) is 9.58. The van der Waals surface area contributed by atoms with Gasteiger partial charge in [-0.25, -0.2) is 4.98 Å². The van der Waals surface area contributed by atoms with Gasteiger partial charge in [0, 0.05) is 25.7 Å². The van der Waals surface area contributed by atoms with Gasteiger partial charge in [0.25, 0.3) is 0 Å². The van der Waals surface area contributed by atoms with Crippen LogP contribution in [0.3, 0.4) is 0 Å². The summed E-state index contributed by atoms with van der Waals surface area (Å²) in [6.45, 7) is 4.78. The molecule has 0 atom stereocenters. The van der Waals surface area contributed by atoms with E-state index in [1.165, 1.54) is 11.4 Å². The molecule has 0 amide bonds. The summed E-state index contributed by atoms with van der Waals surface area (Å²) in [4.78, 5) is 7.11. The summed E-state index contributed by atoms with van der Waals surface area (Å²) < 4.78 is 7.63. The second-order valence-corrected chi connectivity index (χ2v) is 4.71. The molecular weight excluding hydrogens is 190 g/mol. The number of imidazole rings is 1. The van der Waals surface area contributed by atoms with Crippen molar-refractivity contribution in [3.8, 4) is 0 Å². The Labute approximate surface area is 89.9 Å². The first-order valence-electron chi connectivity index (χ1n) is 5.47. The van der Waals surface area contributed by atoms with Gasteiger partial charge in [-0.05, 0) is 14.0 Å². The van der Waals surface area contributed by atoms with E-state index >= 15 is 0 Å². The Morgan fingerprint density at radius 1 is 1.33 bits per heavy atom. The van der Waals surface area contributed by atoms with Crippen molar-refractivity contribution in [2.75, 3.05) is 26.8 Å². The van der Waals surface area contributed by atoms with Crippen molar-refractivity contribution in [1.29, 1.82) is 0 Å². The molecular formula is C11H17N3O. The summed E-state index contributed by atoms with van der Waals surface area (Å²) in [7, 11) is 4.29. The van der Waals surface area contributed by atoms with Crippen LogP contribution in [0.5, 0.6) is 0 Å². The van der Waals surface area contributed by atoms with Gasteiger partial charge in [-0.1, -0.05) is 0 Å². The van der Waals surface area contributed by atoms with Gasteiger partial charge in [-0.15, -0.1) is 0 Å². The number of nitrogens with zero attached hydrogens (tertiary/aromatic N) is 3. The SMILES string of the molecule is Cc1nc2c(n1C)CCN(C)C21COC1. The van der Waals surface area contributed by atoms with Gasteiger partial charge in [-0.2, -0.15) is 0 Å². The highest BCUT2D eigenvalue weighted by Crippen LogP contribution is 2.39. The lowest BCUT2D eigenvalue weighted by Crippen LogP contribution is -2.61. The molecule has 0 bridgehead atoms. The van der Waals surface area contributed by atoms with Gasteiger partial charge >= 0.3 is 0 Å². The van der Waals surface area contributed by atoms with Crippen LogP contribution >= 0.6 is 0 Å². The van der Waals surface area contributed by atoms with Crippen molar-refractivity contribution in [1.82, 2.24) is 14.5 Å². The minimum Gasteiger partial charge on any atom is -0.377 e. The maximum absolute atomic E-state index is 5.40. The summed E-state index contributed by atoms with van der Waals surface area (Å²) in [5, 5.41) is 0. The predicted octanol–water partition coefficient (Wildman–Crippen LogP) is 0.442. The number of likely N-dealkylation sites (N-methyl/N-ethyl adjacent to an activating group) is 1. The van der Waals surface area contributed by atoms with Crippen LogP contribution in [0.2, 0.25) is 0 Å². The molecule has 0 radical (unpaired) electrons. The molecule has 0 unspecified atom stereocenters. The molecule has 1 aromatic heterocycles. The van der Waals surface area contributed by atoms with Gasteiger partial charge in [0.2, 0.25) is 0 Å². The quantitative estimate of drug-likeness (QED) is 0.618. The minimum atomic E-state index is 0.0829. The largest absolute Gasteiger partial charge is 0.377 e. The lowest BCUT2D eigenvalue weighted by molar-refractivity contribution is -0.145. The molecule has 82 valence electrons. The standard InChI is InChI=1S/C11H17N3O/c1-8-12-10-9(14(8)3)4-5-13(2)11(10)6-15-7-11/h4-7H2,1-3H3. The predicted molar refractivity (Wildman–Crippen MR) is 56.8 cm³/mol. The number of rotatable bonds is 0. The first kappa shape index (κ1) is 9.36. The lowest BCUT2D eigenvalue weighted by Gasteiger charge is -2.49. The fourth-order valence-corrected chi connectivity index (χ4v) is 2.64. The van der Waals surface area contributed by atoms with E-state index in [2.05, 4.69) is 30.5 Å². The average Bonchev–Trinajstić information content (AvgIpc) is 2.41. The number of ether oxygens (including phenoxy) is 1. The van der Waals surface area contributed by atoms with Crippen LogP contribution in [0.4, 0.5) is 0 Å². The number of hydrogen-bond acceptors (Lipinski definition) is 3. The second-order valence-electron chi connectivity index (χ2n) is 4.71. The fraction of sp³-hybridized carbons (Fsp3) is 0.727. The van der Waals surface area contributed by atoms with Crippen LogP contribution in [0.1, 0.15) is 17.2 Å². The third-order valence-corrected chi connectivity index (χ3v) is 3.97. The monoisotopic (exact) mass is 207 g/mol. The highest BCUT2D eigenvalue weighted by atomic mass is 16.5. The van der Waals surface area contributed by atoms with Crippen LogP contribution in [0.15, 0.2) is 0 Å². The Morgan fingerprint density at radius 3 is 2.67 bits per heavy atom. The molecule has 0 saturated carbocycles. The average molecular weight is 207 g/mol. The minimum absolute atomic E-state index is 0.0829.